The number of benzene rings is 1. The molecule has 0 saturated heterocycles. The van der Waals surface area contributed by atoms with Gasteiger partial charge in [0.2, 0.25) is 5.91 Å². The Hall–Kier alpha value is -3.09. The summed E-state index contributed by atoms with van der Waals surface area (Å²) in [5.74, 6) is 0.648. The van der Waals surface area contributed by atoms with Gasteiger partial charge in [0.15, 0.2) is 0 Å². The van der Waals surface area contributed by atoms with Crippen LogP contribution in [0.3, 0.4) is 0 Å². The fraction of sp³-hybridized carbons (Fsp3) is 0.409. The number of nitrogens with one attached hydrogen (secondary N) is 3. The molecule has 0 spiro atoms. The maximum absolute atomic E-state index is 12.1. The van der Waals surface area contributed by atoms with Crippen LogP contribution in [0.4, 0.5) is 4.79 Å². The molecule has 0 aliphatic carbocycles. The minimum Gasteiger partial charge on any atom is -0.487 e. The van der Waals surface area contributed by atoms with Crippen LogP contribution < -0.4 is 20.7 Å². The van der Waals surface area contributed by atoms with Crippen LogP contribution in [-0.4, -0.2) is 29.5 Å². The molecular formula is C22H30N4O3. The zero-order valence-corrected chi connectivity index (χ0v) is 17.3. The van der Waals surface area contributed by atoms with E-state index < -0.39 is 0 Å². The van der Waals surface area contributed by atoms with Crippen molar-refractivity contribution < 1.29 is 14.3 Å². The third kappa shape index (κ3) is 8.21. The highest BCUT2D eigenvalue weighted by atomic mass is 16.5. The van der Waals surface area contributed by atoms with E-state index >= 15 is 0 Å². The zero-order valence-electron chi connectivity index (χ0n) is 17.3. The Morgan fingerprint density at radius 3 is 2.66 bits per heavy atom. The smallest absolute Gasteiger partial charge is 0.315 e. The van der Waals surface area contributed by atoms with E-state index in [1.165, 1.54) is 0 Å². The van der Waals surface area contributed by atoms with Crippen molar-refractivity contribution in [3.05, 3.63) is 59.9 Å². The second kappa shape index (κ2) is 11.7. The van der Waals surface area contributed by atoms with Gasteiger partial charge in [0.1, 0.15) is 12.4 Å². The van der Waals surface area contributed by atoms with Gasteiger partial charge in [0.05, 0.1) is 11.7 Å². The monoisotopic (exact) mass is 398 g/mol. The second-order valence-electron chi connectivity index (χ2n) is 6.93. The van der Waals surface area contributed by atoms with E-state index in [1.54, 1.807) is 6.20 Å². The average Bonchev–Trinajstić information content (AvgIpc) is 2.73. The van der Waals surface area contributed by atoms with Gasteiger partial charge in [-0.2, -0.15) is 0 Å². The molecule has 2 atom stereocenters. The van der Waals surface area contributed by atoms with Crippen LogP contribution in [0.25, 0.3) is 0 Å². The van der Waals surface area contributed by atoms with Gasteiger partial charge in [-0.3, -0.25) is 9.78 Å². The maximum Gasteiger partial charge on any atom is 0.315 e. The van der Waals surface area contributed by atoms with Gasteiger partial charge >= 0.3 is 6.03 Å². The van der Waals surface area contributed by atoms with Crippen molar-refractivity contribution in [2.24, 2.45) is 0 Å². The van der Waals surface area contributed by atoms with Crippen LogP contribution in [0.5, 0.6) is 5.75 Å². The van der Waals surface area contributed by atoms with Gasteiger partial charge in [0, 0.05) is 25.2 Å². The summed E-state index contributed by atoms with van der Waals surface area (Å²) in [7, 11) is 0. The molecule has 0 aliphatic heterocycles. The van der Waals surface area contributed by atoms with Gasteiger partial charge in [0.25, 0.3) is 0 Å². The first-order valence-corrected chi connectivity index (χ1v) is 9.94. The molecule has 1 aromatic carbocycles. The van der Waals surface area contributed by atoms with E-state index in [-0.39, 0.29) is 37.0 Å². The minimum absolute atomic E-state index is 0.0644. The Morgan fingerprint density at radius 2 is 1.93 bits per heavy atom. The summed E-state index contributed by atoms with van der Waals surface area (Å²) < 4.78 is 5.78. The van der Waals surface area contributed by atoms with Crippen molar-refractivity contribution in [2.75, 3.05) is 6.54 Å². The van der Waals surface area contributed by atoms with E-state index in [4.69, 9.17) is 4.74 Å². The summed E-state index contributed by atoms with van der Waals surface area (Å²) in [5, 5.41) is 8.46. The third-order valence-corrected chi connectivity index (χ3v) is 4.48. The largest absolute Gasteiger partial charge is 0.487 e. The zero-order chi connectivity index (χ0) is 21.1. The lowest BCUT2D eigenvalue weighted by atomic mass is 10.1. The van der Waals surface area contributed by atoms with E-state index in [9.17, 15) is 9.59 Å². The van der Waals surface area contributed by atoms with Crippen LogP contribution in [0, 0.1) is 0 Å². The molecule has 3 N–H and O–H groups in total. The quantitative estimate of drug-likeness (QED) is 0.572. The van der Waals surface area contributed by atoms with E-state index in [0.29, 0.717) is 12.4 Å². The summed E-state index contributed by atoms with van der Waals surface area (Å²) in [6.45, 7) is 6.52. The highest BCUT2D eigenvalue weighted by Crippen LogP contribution is 2.19. The van der Waals surface area contributed by atoms with Crippen molar-refractivity contribution >= 4 is 11.9 Å². The summed E-state index contributed by atoms with van der Waals surface area (Å²) >= 11 is 0. The average molecular weight is 399 g/mol. The molecule has 7 nitrogen and oxygen atoms in total. The molecule has 29 heavy (non-hydrogen) atoms. The summed E-state index contributed by atoms with van der Waals surface area (Å²) in [4.78, 5) is 28.1. The molecule has 2 rings (SSSR count). The normalized spacial score (nSPS) is 12.5. The van der Waals surface area contributed by atoms with Crippen LogP contribution in [-0.2, 0) is 11.4 Å². The van der Waals surface area contributed by atoms with Crippen molar-refractivity contribution in [1.82, 2.24) is 20.9 Å². The molecule has 1 aromatic heterocycles. The van der Waals surface area contributed by atoms with Crippen molar-refractivity contribution in [3.63, 3.8) is 0 Å². The number of nitrogens with zero attached hydrogens (tertiary/aromatic N) is 1. The van der Waals surface area contributed by atoms with Gasteiger partial charge < -0.3 is 20.7 Å². The molecule has 3 amide bonds. The highest BCUT2D eigenvalue weighted by Gasteiger charge is 2.11. The number of rotatable bonds is 10. The predicted octanol–water partition coefficient (Wildman–Crippen LogP) is 3.33. The molecule has 2 aromatic rings. The number of hydrogen-bond acceptors (Lipinski definition) is 4. The van der Waals surface area contributed by atoms with Gasteiger partial charge in [-0.15, -0.1) is 0 Å². The van der Waals surface area contributed by atoms with E-state index in [0.717, 1.165) is 17.7 Å². The molecular weight excluding hydrogens is 368 g/mol. The molecule has 0 radical (unpaired) electrons. The Kier molecular flexibility index (Phi) is 8.95. The Labute approximate surface area is 172 Å². The fourth-order valence-electron chi connectivity index (χ4n) is 2.58. The Bertz CT molecular complexity index is 783. The van der Waals surface area contributed by atoms with E-state index in [1.807, 2.05) is 63.2 Å². The van der Waals surface area contributed by atoms with Crippen LogP contribution in [0.15, 0.2) is 48.7 Å². The number of pyridine rings is 1. The third-order valence-electron chi connectivity index (χ3n) is 4.48. The first-order chi connectivity index (χ1) is 14.0. The molecule has 0 saturated carbocycles. The number of amides is 3. The number of aromatic nitrogens is 1. The first-order valence-electron chi connectivity index (χ1n) is 9.94. The lowest BCUT2D eigenvalue weighted by Crippen LogP contribution is -2.40. The van der Waals surface area contributed by atoms with Crippen molar-refractivity contribution in [1.29, 1.82) is 0 Å². The van der Waals surface area contributed by atoms with Crippen LogP contribution in [0.2, 0.25) is 0 Å². The number of carbonyl (C=O) groups excluding carboxylic acids is 2. The summed E-state index contributed by atoms with van der Waals surface area (Å²) in [6, 6.07) is 12.9. The number of carbonyl (C=O) groups is 2. The van der Waals surface area contributed by atoms with Gasteiger partial charge in [-0.25, -0.2) is 4.79 Å². The molecule has 2 unspecified atom stereocenters. The molecule has 0 fully saturated rings. The lowest BCUT2D eigenvalue weighted by Gasteiger charge is -2.16. The highest BCUT2D eigenvalue weighted by molar-refractivity contribution is 5.78. The number of ether oxygens (including phenoxy) is 1. The molecule has 1 heterocycles. The van der Waals surface area contributed by atoms with E-state index in [2.05, 4.69) is 20.9 Å². The van der Waals surface area contributed by atoms with Gasteiger partial charge in [-0.05, 0) is 50.1 Å². The first kappa shape index (κ1) is 22.2. The molecule has 0 aliphatic rings. The SMILES string of the molecule is CCC(C)NC(=O)CCNC(=O)NC(C)c1cccc(OCc2ccccn2)c1. The standard InChI is InChI=1S/C22H30N4O3/c1-4-16(2)25-21(27)11-13-24-22(28)26-17(3)18-8-7-10-20(14-18)29-15-19-9-5-6-12-23-19/h5-10,12,14,16-17H,4,11,13,15H2,1-3H3,(H,25,27)(H2,24,26,28). The molecule has 0 bridgehead atoms. The second-order valence-corrected chi connectivity index (χ2v) is 6.93. The predicted molar refractivity (Wildman–Crippen MR) is 112 cm³/mol. The molecule has 7 heteroatoms. The fourth-order valence-corrected chi connectivity index (χ4v) is 2.58. The van der Waals surface area contributed by atoms with Crippen molar-refractivity contribution in [2.45, 2.75) is 52.3 Å². The summed E-state index contributed by atoms with van der Waals surface area (Å²) in [6.07, 6.45) is 2.86. The molecule has 156 valence electrons. The Morgan fingerprint density at radius 1 is 1.10 bits per heavy atom. The minimum atomic E-state index is -0.311. The van der Waals surface area contributed by atoms with Gasteiger partial charge in [-0.1, -0.05) is 25.1 Å². The van der Waals surface area contributed by atoms with Crippen molar-refractivity contribution in [3.8, 4) is 5.75 Å². The van der Waals surface area contributed by atoms with Crippen LogP contribution in [0.1, 0.15) is 50.9 Å². The number of urea groups is 1. The van der Waals surface area contributed by atoms with Crippen LogP contribution >= 0.6 is 0 Å². The topological polar surface area (TPSA) is 92.4 Å². The summed E-state index contributed by atoms with van der Waals surface area (Å²) in [5.41, 5.74) is 1.77. The number of hydrogen-bond donors (Lipinski definition) is 3. The maximum atomic E-state index is 12.1. The Balaban J connectivity index is 1.77. The lowest BCUT2D eigenvalue weighted by molar-refractivity contribution is -0.121.